The lowest BCUT2D eigenvalue weighted by Gasteiger charge is -2.34. The number of hydrogen-bond acceptors (Lipinski definition) is 3. The van der Waals surface area contributed by atoms with E-state index in [1.54, 1.807) is 0 Å². The van der Waals surface area contributed by atoms with E-state index in [-0.39, 0.29) is 0 Å². The van der Waals surface area contributed by atoms with Crippen LogP contribution in [0.2, 0.25) is 0 Å². The lowest BCUT2D eigenvalue weighted by atomic mass is 9.85. The summed E-state index contributed by atoms with van der Waals surface area (Å²) in [6.45, 7) is 2.89. The molecule has 0 amide bonds. The zero-order chi connectivity index (χ0) is 13.2. The van der Waals surface area contributed by atoms with E-state index in [0.29, 0.717) is 6.04 Å². The van der Waals surface area contributed by atoms with E-state index in [0.717, 1.165) is 45.3 Å². The second kappa shape index (κ2) is 5.57. The molecule has 0 aromatic heterocycles. The molecule has 18 heavy (non-hydrogen) atoms. The van der Waals surface area contributed by atoms with Crippen molar-refractivity contribution in [3.8, 4) is 0 Å². The zero-order valence-corrected chi connectivity index (χ0v) is 11.7. The Morgan fingerprint density at radius 3 is 2.56 bits per heavy atom. The highest BCUT2D eigenvalue weighted by molar-refractivity contribution is 5.75. The number of carbonyl (C=O) groups is 1. The summed E-state index contributed by atoms with van der Waals surface area (Å²) in [5.41, 5.74) is -0.450. The van der Waals surface area contributed by atoms with Crippen LogP contribution < -0.4 is 0 Å². The first-order valence-electron chi connectivity index (χ1n) is 7.16. The summed E-state index contributed by atoms with van der Waals surface area (Å²) in [4.78, 5) is 16.2. The summed E-state index contributed by atoms with van der Waals surface area (Å²) in [6, 6.07) is 0.553. The van der Waals surface area contributed by atoms with Gasteiger partial charge in [0.05, 0.1) is 5.41 Å². The monoisotopic (exact) mass is 254 g/mol. The molecule has 0 aromatic carbocycles. The number of likely N-dealkylation sites (tertiary alicyclic amines) is 1. The van der Waals surface area contributed by atoms with Gasteiger partial charge in [-0.1, -0.05) is 12.8 Å². The fraction of sp³-hybridized carbons (Fsp3) is 0.929. The Morgan fingerprint density at radius 2 is 2.00 bits per heavy atom. The number of likely N-dealkylation sites (N-methyl/N-ethyl adjacent to an activating group) is 1. The van der Waals surface area contributed by atoms with Gasteiger partial charge in [-0.3, -0.25) is 9.69 Å². The van der Waals surface area contributed by atoms with E-state index in [2.05, 4.69) is 23.9 Å². The molecule has 1 atom stereocenters. The molecular weight excluding hydrogens is 228 g/mol. The van der Waals surface area contributed by atoms with Crippen LogP contribution in [0.5, 0.6) is 0 Å². The van der Waals surface area contributed by atoms with Crippen molar-refractivity contribution in [2.75, 3.05) is 33.7 Å². The molecular formula is C14H26N2O2. The van der Waals surface area contributed by atoms with Crippen LogP contribution in [0.15, 0.2) is 0 Å². The second-order valence-electron chi connectivity index (χ2n) is 6.32. The quantitative estimate of drug-likeness (QED) is 0.810. The van der Waals surface area contributed by atoms with E-state index in [1.807, 2.05) is 0 Å². The first-order chi connectivity index (χ1) is 8.53. The molecule has 4 nitrogen and oxygen atoms in total. The standard InChI is InChI=1S/C14H26N2O2/c1-15(2)10-12-6-5-9-16(12)11-14(13(17)18)7-3-4-8-14/h12H,3-11H2,1-2H3,(H,17,18). The van der Waals surface area contributed by atoms with E-state index in [1.165, 1.54) is 12.8 Å². The molecule has 2 fully saturated rings. The number of hydrogen-bond donors (Lipinski definition) is 1. The van der Waals surface area contributed by atoms with Gasteiger partial charge < -0.3 is 10.0 Å². The second-order valence-corrected chi connectivity index (χ2v) is 6.32. The van der Waals surface area contributed by atoms with Crippen LogP contribution in [0.1, 0.15) is 38.5 Å². The Morgan fingerprint density at radius 1 is 1.33 bits per heavy atom. The predicted octanol–water partition coefficient (Wildman–Crippen LogP) is 1.66. The molecule has 0 aromatic rings. The van der Waals surface area contributed by atoms with Crippen LogP contribution in [0.4, 0.5) is 0 Å². The van der Waals surface area contributed by atoms with Gasteiger partial charge in [0.1, 0.15) is 0 Å². The van der Waals surface area contributed by atoms with E-state index in [9.17, 15) is 9.90 Å². The van der Waals surface area contributed by atoms with Gasteiger partial charge >= 0.3 is 5.97 Å². The average Bonchev–Trinajstić information content (AvgIpc) is 2.89. The van der Waals surface area contributed by atoms with Crippen LogP contribution in [-0.4, -0.2) is 60.6 Å². The Kier molecular flexibility index (Phi) is 4.28. The minimum Gasteiger partial charge on any atom is -0.481 e. The Labute approximate surface area is 110 Å². The smallest absolute Gasteiger partial charge is 0.310 e. The topological polar surface area (TPSA) is 43.8 Å². The molecule has 1 aliphatic carbocycles. The van der Waals surface area contributed by atoms with E-state index >= 15 is 0 Å². The maximum absolute atomic E-state index is 11.6. The third-order valence-corrected chi connectivity index (χ3v) is 4.60. The van der Waals surface area contributed by atoms with Crippen molar-refractivity contribution < 1.29 is 9.90 Å². The number of carboxylic acids is 1. The summed E-state index contributed by atoms with van der Waals surface area (Å²) < 4.78 is 0. The van der Waals surface area contributed by atoms with Gasteiger partial charge in [-0.25, -0.2) is 0 Å². The largest absolute Gasteiger partial charge is 0.481 e. The third kappa shape index (κ3) is 2.86. The molecule has 1 aliphatic heterocycles. The van der Waals surface area contributed by atoms with Gasteiger partial charge in [-0.05, 0) is 46.3 Å². The Hall–Kier alpha value is -0.610. The fourth-order valence-electron chi connectivity index (χ4n) is 3.61. The van der Waals surface area contributed by atoms with Crippen molar-refractivity contribution in [1.29, 1.82) is 0 Å². The van der Waals surface area contributed by atoms with Gasteiger partial charge in [-0.15, -0.1) is 0 Å². The van der Waals surface area contributed by atoms with Crippen LogP contribution in [-0.2, 0) is 4.79 Å². The van der Waals surface area contributed by atoms with Gasteiger partial charge in [-0.2, -0.15) is 0 Å². The number of carboxylic acid groups (broad SMARTS) is 1. The summed E-state index contributed by atoms with van der Waals surface area (Å²) >= 11 is 0. The minimum absolute atomic E-state index is 0.450. The maximum Gasteiger partial charge on any atom is 0.310 e. The zero-order valence-electron chi connectivity index (χ0n) is 11.7. The van der Waals surface area contributed by atoms with Gasteiger partial charge in [0.25, 0.3) is 0 Å². The minimum atomic E-state index is -0.574. The van der Waals surface area contributed by atoms with Crippen LogP contribution >= 0.6 is 0 Å². The van der Waals surface area contributed by atoms with Crippen molar-refractivity contribution in [3.05, 3.63) is 0 Å². The molecule has 1 saturated heterocycles. The molecule has 1 unspecified atom stereocenters. The van der Waals surface area contributed by atoms with Gasteiger partial charge in [0, 0.05) is 19.1 Å². The maximum atomic E-state index is 11.6. The number of nitrogens with zero attached hydrogens (tertiary/aromatic N) is 2. The number of aliphatic carboxylic acids is 1. The van der Waals surface area contributed by atoms with E-state index in [4.69, 9.17) is 0 Å². The molecule has 1 heterocycles. The molecule has 4 heteroatoms. The fourth-order valence-corrected chi connectivity index (χ4v) is 3.61. The highest BCUT2D eigenvalue weighted by atomic mass is 16.4. The SMILES string of the molecule is CN(C)CC1CCCN1CC1(C(=O)O)CCCC1. The molecule has 104 valence electrons. The molecule has 0 radical (unpaired) electrons. The Balaban J connectivity index is 2.00. The van der Waals surface area contributed by atoms with Gasteiger partial charge in [0.2, 0.25) is 0 Å². The molecule has 0 spiro atoms. The predicted molar refractivity (Wildman–Crippen MR) is 71.7 cm³/mol. The Bertz CT molecular complexity index is 298. The summed E-state index contributed by atoms with van der Waals surface area (Å²) in [5.74, 6) is -0.574. The molecule has 1 saturated carbocycles. The average molecular weight is 254 g/mol. The lowest BCUT2D eigenvalue weighted by molar-refractivity contribution is -0.150. The first kappa shape index (κ1) is 13.8. The van der Waals surface area contributed by atoms with Crippen LogP contribution in [0.25, 0.3) is 0 Å². The number of rotatable bonds is 5. The molecule has 1 N–H and O–H groups in total. The van der Waals surface area contributed by atoms with Crippen molar-refractivity contribution in [3.63, 3.8) is 0 Å². The van der Waals surface area contributed by atoms with Crippen molar-refractivity contribution in [1.82, 2.24) is 9.80 Å². The van der Waals surface area contributed by atoms with Gasteiger partial charge in [0.15, 0.2) is 0 Å². The lowest BCUT2D eigenvalue weighted by Crippen LogP contribution is -2.46. The van der Waals surface area contributed by atoms with Crippen molar-refractivity contribution in [2.45, 2.75) is 44.6 Å². The summed E-state index contributed by atoms with van der Waals surface area (Å²) in [5, 5.41) is 9.56. The van der Waals surface area contributed by atoms with E-state index < -0.39 is 11.4 Å². The van der Waals surface area contributed by atoms with Crippen LogP contribution in [0.3, 0.4) is 0 Å². The van der Waals surface area contributed by atoms with Crippen molar-refractivity contribution >= 4 is 5.97 Å². The molecule has 0 bridgehead atoms. The highest BCUT2D eigenvalue weighted by Gasteiger charge is 2.44. The van der Waals surface area contributed by atoms with Crippen LogP contribution in [0, 0.1) is 5.41 Å². The summed E-state index contributed by atoms with van der Waals surface area (Å²) in [6.07, 6.45) is 6.33. The summed E-state index contributed by atoms with van der Waals surface area (Å²) in [7, 11) is 4.19. The van der Waals surface area contributed by atoms with Crippen molar-refractivity contribution in [2.24, 2.45) is 5.41 Å². The first-order valence-corrected chi connectivity index (χ1v) is 7.16. The normalized spacial score (nSPS) is 28.1. The third-order valence-electron chi connectivity index (χ3n) is 4.60. The molecule has 2 rings (SSSR count). The highest BCUT2D eigenvalue weighted by Crippen LogP contribution is 2.40. The molecule has 2 aliphatic rings.